The minimum atomic E-state index is -3.72. The molecule has 0 spiro atoms. The zero-order valence-corrected chi connectivity index (χ0v) is 17.9. The summed E-state index contributed by atoms with van der Waals surface area (Å²) in [5, 5.41) is 0.448. The van der Waals surface area contributed by atoms with Gasteiger partial charge in [-0.05, 0) is 42.3 Å². The molecule has 0 atom stereocenters. The van der Waals surface area contributed by atoms with Crippen LogP contribution in [0, 0.1) is 0 Å². The molecule has 0 aliphatic heterocycles. The maximum atomic E-state index is 12.2. The molecule has 2 aromatic rings. The van der Waals surface area contributed by atoms with Crippen molar-refractivity contribution in [2.45, 2.75) is 56.8 Å². The zero-order valence-electron chi connectivity index (χ0n) is 16.3. The van der Waals surface area contributed by atoms with Crippen LogP contribution in [0.5, 0.6) is 5.75 Å². The molecule has 0 saturated heterocycles. The lowest BCUT2D eigenvalue weighted by Gasteiger charge is -2.08. The highest BCUT2D eigenvalue weighted by atomic mass is 35.5. The Kier molecular flexibility index (Phi) is 9.51. The highest BCUT2D eigenvalue weighted by Crippen LogP contribution is 2.25. The van der Waals surface area contributed by atoms with E-state index in [1.165, 1.54) is 50.5 Å². The van der Waals surface area contributed by atoms with Crippen molar-refractivity contribution in [3.8, 4) is 5.75 Å². The number of sulfonamides is 1. The molecule has 6 heteroatoms. The van der Waals surface area contributed by atoms with Gasteiger partial charge in [0.05, 0.1) is 16.5 Å². The standard InChI is InChI=1S/C22H28ClNO3S/c1-2-3-4-5-6-7-11-16-27-22-15-14-19(17-21(22)23)18-24-28(25,26)20-12-9-8-10-13-20/h8-10,12-15,17-18H,2-7,11,16H2,1H3/b24-18-. The molecule has 0 saturated carbocycles. The van der Waals surface area contributed by atoms with Crippen molar-refractivity contribution < 1.29 is 13.2 Å². The molecule has 2 aromatic carbocycles. The van der Waals surface area contributed by atoms with E-state index in [-0.39, 0.29) is 4.90 Å². The van der Waals surface area contributed by atoms with Gasteiger partial charge in [0.25, 0.3) is 10.0 Å². The quantitative estimate of drug-likeness (QED) is 0.299. The van der Waals surface area contributed by atoms with E-state index in [4.69, 9.17) is 16.3 Å². The molecule has 4 nitrogen and oxygen atoms in total. The van der Waals surface area contributed by atoms with E-state index >= 15 is 0 Å². The third-order valence-corrected chi connectivity index (χ3v) is 5.89. The molecular formula is C22H28ClNO3S. The van der Waals surface area contributed by atoms with Crippen LogP contribution in [0.3, 0.4) is 0 Å². The first-order valence-electron chi connectivity index (χ1n) is 9.80. The van der Waals surface area contributed by atoms with Gasteiger partial charge in [0.1, 0.15) is 5.75 Å². The summed E-state index contributed by atoms with van der Waals surface area (Å²) in [6, 6.07) is 13.3. The van der Waals surface area contributed by atoms with Gasteiger partial charge in [-0.3, -0.25) is 0 Å². The Bertz CT molecular complexity index is 851. The lowest BCUT2D eigenvalue weighted by molar-refractivity contribution is 0.304. The molecule has 2 rings (SSSR count). The van der Waals surface area contributed by atoms with Gasteiger partial charge in [-0.1, -0.05) is 75.2 Å². The van der Waals surface area contributed by atoms with Gasteiger partial charge >= 0.3 is 0 Å². The number of ether oxygens (including phenoxy) is 1. The van der Waals surface area contributed by atoms with Crippen LogP contribution in [0.25, 0.3) is 0 Å². The summed E-state index contributed by atoms with van der Waals surface area (Å²) in [7, 11) is -3.72. The van der Waals surface area contributed by atoms with Crippen molar-refractivity contribution >= 4 is 27.8 Å². The van der Waals surface area contributed by atoms with E-state index in [2.05, 4.69) is 11.3 Å². The largest absolute Gasteiger partial charge is 0.492 e. The molecule has 152 valence electrons. The maximum Gasteiger partial charge on any atom is 0.282 e. The second kappa shape index (κ2) is 11.9. The van der Waals surface area contributed by atoms with Gasteiger partial charge in [0, 0.05) is 6.21 Å². The Balaban J connectivity index is 1.83. The molecule has 0 bridgehead atoms. The third kappa shape index (κ3) is 7.64. The van der Waals surface area contributed by atoms with Crippen molar-refractivity contribution in [2.75, 3.05) is 6.61 Å². The minimum absolute atomic E-state index is 0.159. The summed E-state index contributed by atoms with van der Waals surface area (Å²) in [5.41, 5.74) is 0.604. The number of rotatable bonds is 12. The third-order valence-electron chi connectivity index (χ3n) is 4.34. The lowest BCUT2D eigenvalue weighted by Crippen LogP contribution is -1.99. The SMILES string of the molecule is CCCCCCCCCOc1ccc(/C=N\S(=O)(=O)c2ccccc2)cc1Cl. The van der Waals surface area contributed by atoms with Crippen LogP contribution in [0.2, 0.25) is 5.02 Å². The zero-order chi connectivity index (χ0) is 20.2. The smallest absolute Gasteiger partial charge is 0.282 e. The number of hydrogen-bond donors (Lipinski definition) is 0. The summed E-state index contributed by atoms with van der Waals surface area (Å²) in [5.74, 6) is 0.607. The first-order valence-corrected chi connectivity index (χ1v) is 11.6. The molecule has 0 heterocycles. The van der Waals surface area contributed by atoms with Crippen LogP contribution in [-0.4, -0.2) is 21.2 Å². The minimum Gasteiger partial charge on any atom is -0.492 e. The van der Waals surface area contributed by atoms with Crippen LogP contribution >= 0.6 is 11.6 Å². The summed E-state index contributed by atoms with van der Waals surface area (Å²) in [4.78, 5) is 0.159. The van der Waals surface area contributed by atoms with Gasteiger partial charge in [0.15, 0.2) is 0 Å². The van der Waals surface area contributed by atoms with E-state index in [1.807, 2.05) is 0 Å². The summed E-state index contributed by atoms with van der Waals surface area (Å²) in [6.07, 6.45) is 9.87. The van der Waals surface area contributed by atoms with Gasteiger partial charge in [0.2, 0.25) is 0 Å². The lowest BCUT2D eigenvalue weighted by atomic mass is 10.1. The highest BCUT2D eigenvalue weighted by molar-refractivity contribution is 7.90. The van der Waals surface area contributed by atoms with E-state index in [0.717, 1.165) is 12.8 Å². The highest BCUT2D eigenvalue weighted by Gasteiger charge is 2.10. The van der Waals surface area contributed by atoms with Crippen LogP contribution in [-0.2, 0) is 10.0 Å². The summed E-state index contributed by atoms with van der Waals surface area (Å²) in [6.45, 7) is 2.85. The van der Waals surface area contributed by atoms with Gasteiger partial charge in [-0.25, -0.2) is 0 Å². The fraction of sp³-hybridized carbons (Fsp3) is 0.409. The Hall–Kier alpha value is -1.85. The van der Waals surface area contributed by atoms with E-state index in [0.29, 0.717) is 22.9 Å². The van der Waals surface area contributed by atoms with Crippen molar-refractivity contribution in [1.82, 2.24) is 0 Å². The molecule has 0 radical (unpaired) electrons. The van der Waals surface area contributed by atoms with Crippen LogP contribution in [0.1, 0.15) is 57.4 Å². The first-order chi connectivity index (χ1) is 13.5. The predicted octanol–water partition coefficient (Wildman–Crippen LogP) is 6.28. The summed E-state index contributed by atoms with van der Waals surface area (Å²) >= 11 is 6.26. The molecule has 0 aliphatic rings. The molecule has 0 aromatic heterocycles. The van der Waals surface area contributed by atoms with Crippen molar-refractivity contribution in [3.63, 3.8) is 0 Å². The predicted molar refractivity (Wildman–Crippen MR) is 116 cm³/mol. The molecular weight excluding hydrogens is 394 g/mol. The van der Waals surface area contributed by atoms with E-state index in [1.54, 1.807) is 36.4 Å². The Morgan fingerprint density at radius 2 is 1.64 bits per heavy atom. The fourth-order valence-electron chi connectivity index (χ4n) is 2.74. The Morgan fingerprint density at radius 1 is 0.964 bits per heavy atom. The first kappa shape index (κ1) is 22.4. The van der Waals surface area contributed by atoms with Crippen molar-refractivity contribution in [3.05, 3.63) is 59.1 Å². The molecule has 0 fully saturated rings. The van der Waals surface area contributed by atoms with Crippen LogP contribution < -0.4 is 4.74 Å². The Labute approximate surface area is 173 Å². The number of unbranched alkanes of at least 4 members (excludes halogenated alkanes) is 6. The monoisotopic (exact) mass is 421 g/mol. The molecule has 0 aliphatic carbocycles. The van der Waals surface area contributed by atoms with E-state index in [9.17, 15) is 8.42 Å². The fourth-order valence-corrected chi connectivity index (χ4v) is 3.87. The number of halogens is 1. The number of hydrogen-bond acceptors (Lipinski definition) is 3. The normalized spacial score (nSPS) is 11.8. The van der Waals surface area contributed by atoms with Gasteiger partial charge in [-0.15, -0.1) is 0 Å². The molecule has 0 N–H and O–H groups in total. The van der Waals surface area contributed by atoms with Crippen molar-refractivity contribution in [2.24, 2.45) is 4.40 Å². The van der Waals surface area contributed by atoms with Crippen LogP contribution in [0.15, 0.2) is 57.8 Å². The number of nitrogens with zero attached hydrogens (tertiary/aromatic N) is 1. The van der Waals surface area contributed by atoms with E-state index < -0.39 is 10.0 Å². The average Bonchev–Trinajstić information content (AvgIpc) is 2.70. The van der Waals surface area contributed by atoms with Gasteiger partial charge < -0.3 is 4.74 Å². The van der Waals surface area contributed by atoms with Crippen molar-refractivity contribution in [1.29, 1.82) is 0 Å². The molecule has 0 amide bonds. The molecule has 28 heavy (non-hydrogen) atoms. The summed E-state index contributed by atoms with van der Waals surface area (Å²) < 4.78 is 33.8. The Morgan fingerprint density at radius 3 is 2.32 bits per heavy atom. The van der Waals surface area contributed by atoms with Gasteiger partial charge in [-0.2, -0.15) is 12.8 Å². The second-order valence-corrected chi connectivity index (χ2v) is 8.72. The molecule has 0 unspecified atom stereocenters. The van der Waals surface area contributed by atoms with Crippen LogP contribution in [0.4, 0.5) is 0 Å². The topological polar surface area (TPSA) is 55.7 Å². The maximum absolute atomic E-state index is 12.2. The average molecular weight is 422 g/mol. The number of benzene rings is 2. The second-order valence-electron chi connectivity index (χ2n) is 6.68.